The van der Waals surface area contributed by atoms with E-state index in [9.17, 15) is 35.2 Å². The smallest absolute Gasteiger partial charge is 0.455 e. The van der Waals surface area contributed by atoms with Gasteiger partial charge in [-0.15, -0.1) is 0 Å². The van der Waals surface area contributed by atoms with E-state index in [-0.39, 0.29) is 46.8 Å². The zero-order chi connectivity index (χ0) is 67.8. The second-order valence-corrected chi connectivity index (χ2v) is 31.6. The molecule has 16 nitrogen and oxygen atoms in total. The molecule has 0 spiro atoms. The van der Waals surface area contributed by atoms with Crippen LogP contribution >= 0.6 is 22.6 Å². The number of halogens is 3. The molecule has 3 aliphatic heterocycles. The summed E-state index contributed by atoms with van der Waals surface area (Å²) in [5.41, 5.74) is 4.46. The minimum absolute atomic E-state index is 0.120. The maximum Gasteiger partial charge on any atom is 0.494 e. The molecule has 24 heteroatoms. The van der Waals surface area contributed by atoms with Crippen LogP contribution in [0.25, 0.3) is 66.8 Å². The minimum atomic E-state index is -3.66. The number of carbonyl (C=O) groups is 2. The summed E-state index contributed by atoms with van der Waals surface area (Å²) >= 11 is 2.20. The molecule has 0 atom stereocenters. The van der Waals surface area contributed by atoms with Gasteiger partial charge in [-0.25, -0.2) is 25.6 Å². The van der Waals surface area contributed by atoms with Crippen molar-refractivity contribution in [2.24, 2.45) is 0 Å². The number of benzene rings is 6. The Balaban J connectivity index is 0.000000175. The highest BCUT2D eigenvalue weighted by molar-refractivity contribution is 14.1. The second kappa shape index (κ2) is 25.5. The van der Waals surface area contributed by atoms with E-state index in [1.807, 2.05) is 132 Å². The van der Waals surface area contributed by atoms with Crippen molar-refractivity contribution in [3.63, 3.8) is 0 Å². The Morgan fingerprint density at radius 1 is 0.467 bits per heavy atom. The molecule has 5 heterocycles. The van der Waals surface area contributed by atoms with Crippen LogP contribution in [0.1, 0.15) is 130 Å². The first-order chi connectivity index (χ1) is 42.6. The van der Waals surface area contributed by atoms with E-state index in [1.54, 1.807) is 62.4 Å². The molecule has 2 aromatic heterocycles. The molecular formula is C68H78B3F2IN2O14S2. The molecule has 486 valence electrons. The van der Waals surface area contributed by atoms with Crippen LogP contribution in [0.15, 0.2) is 130 Å². The topological polar surface area (TPSA) is 191 Å². The fourth-order valence-electron chi connectivity index (χ4n) is 10.6. The number of nitrogens with zero attached hydrogens (tertiary/aromatic N) is 2. The van der Waals surface area contributed by atoms with Gasteiger partial charge in [-0.2, -0.15) is 0 Å². The predicted octanol–water partition coefficient (Wildman–Crippen LogP) is 14.9. The van der Waals surface area contributed by atoms with Crippen molar-refractivity contribution in [1.82, 2.24) is 0 Å². The van der Waals surface area contributed by atoms with Crippen LogP contribution in [0.3, 0.4) is 0 Å². The molecule has 6 aromatic carbocycles. The van der Waals surface area contributed by atoms with Crippen LogP contribution in [0.2, 0.25) is 0 Å². The second-order valence-electron chi connectivity index (χ2n) is 26.3. The molecule has 0 radical (unpaired) electrons. The molecule has 3 fully saturated rings. The number of furan rings is 2. The summed E-state index contributed by atoms with van der Waals surface area (Å²) in [6, 6.07) is 33.5. The lowest BCUT2D eigenvalue weighted by molar-refractivity contribution is 0.00578. The Labute approximate surface area is 553 Å². The quantitative estimate of drug-likeness (QED) is 0.0567. The molecule has 0 unspecified atom stereocenters. The van der Waals surface area contributed by atoms with Gasteiger partial charge in [0.15, 0.2) is 11.6 Å². The number of sulfonamides is 2. The zero-order valence-corrected chi connectivity index (χ0v) is 59.0. The summed E-state index contributed by atoms with van der Waals surface area (Å²) in [5.74, 6) is -0.423. The lowest BCUT2D eigenvalue weighted by Crippen LogP contribution is -2.41. The fourth-order valence-corrected chi connectivity index (χ4v) is 12.2. The number of hydrogen-bond acceptors (Lipinski definition) is 14. The maximum absolute atomic E-state index is 13.7. The first-order valence-electron chi connectivity index (χ1n) is 30.2. The van der Waals surface area contributed by atoms with Gasteiger partial charge in [0.1, 0.15) is 34.3 Å². The SMILES string of the molecule is CC1(C)OB(B2OC(C)(C)C(C)(C)O2)OC1(C)C.CCC(=O)c1c(-c2ccc(F)cc2)oc2cc(N(C)S(C)(=O)=O)c(-c3cccc(B4OC(C)(C)C(C)(C)O4)c3)cc12.CCC(=O)c1c(-c2ccc(F)cc2)oc2cc(N(C)S(C)(=O)=O)c(-c3cccc(I)c3)cc12. The summed E-state index contributed by atoms with van der Waals surface area (Å²) in [4.78, 5) is 26.2. The molecule has 0 N–H and O–H groups in total. The van der Waals surface area contributed by atoms with Gasteiger partial charge >= 0.3 is 21.1 Å². The average molecular weight is 1410 g/mol. The fraction of sp³-hybridized carbons (Fsp3) is 0.382. The van der Waals surface area contributed by atoms with E-state index in [1.165, 1.54) is 47.0 Å². The van der Waals surface area contributed by atoms with E-state index in [0.717, 1.165) is 27.1 Å². The molecule has 0 aliphatic carbocycles. The summed E-state index contributed by atoms with van der Waals surface area (Å²) in [5, 5.41) is 1.12. The number of hydrogen-bond donors (Lipinski definition) is 0. The lowest BCUT2D eigenvalue weighted by atomic mass is 9.49. The molecule has 11 rings (SSSR count). The number of ketones is 2. The van der Waals surface area contributed by atoms with E-state index in [2.05, 4.69) is 22.6 Å². The van der Waals surface area contributed by atoms with Gasteiger partial charge in [0.25, 0.3) is 0 Å². The normalized spacial score (nSPS) is 17.7. The van der Waals surface area contributed by atoms with Gasteiger partial charge < -0.3 is 36.8 Å². The van der Waals surface area contributed by atoms with Gasteiger partial charge in [0, 0.05) is 75.7 Å². The van der Waals surface area contributed by atoms with Crippen molar-refractivity contribution in [3.8, 4) is 44.9 Å². The largest absolute Gasteiger partial charge is 0.494 e. The number of Topliss-reactive ketones (excluding diaryl/α,β-unsaturated/α-hetero) is 2. The van der Waals surface area contributed by atoms with Crippen molar-refractivity contribution in [2.45, 2.75) is 143 Å². The zero-order valence-electron chi connectivity index (χ0n) is 55.3. The maximum atomic E-state index is 13.7. The van der Waals surface area contributed by atoms with Crippen LogP contribution in [-0.2, 0) is 48.0 Å². The van der Waals surface area contributed by atoms with E-state index in [0.29, 0.717) is 83.8 Å². The Morgan fingerprint density at radius 2 is 0.804 bits per heavy atom. The summed E-state index contributed by atoms with van der Waals surface area (Å²) < 4.78 is 129. The summed E-state index contributed by atoms with van der Waals surface area (Å²) in [6.07, 6.45) is 2.74. The van der Waals surface area contributed by atoms with E-state index in [4.69, 9.17) is 36.8 Å². The number of carbonyl (C=O) groups excluding carboxylic acids is 2. The van der Waals surface area contributed by atoms with Crippen molar-refractivity contribution in [1.29, 1.82) is 0 Å². The van der Waals surface area contributed by atoms with Crippen LogP contribution < -0.4 is 14.1 Å². The lowest BCUT2D eigenvalue weighted by Gasteiger charge is -2.32. The Bertz CT molecular complexity index is 4300. The van der Waals surface area contributed by atoms with Crippen molar-refractivity contribution in [2.75, 3.05) is 35.2 Å². The van der Waals surface area contributed by atoms with Crippen LogP contribution in [0.4, 0.5) is 20.2 Å². The van der Waals surface area contributed by atoms with Crippen LogP contribution in [-0.4, -0.2) is 110 Å². The molecule has 0 amide bonds. The Hall–Kier alpha value is -6.22. The summed E-state index contributed by atoms with van der Waals surface area (Å²) in [6.45, 7) is 27.7. The third-order valence-electron chi connectivity index (χ3n) is 18.3. The standard InChI is InChI=1S/C31H33BFNO6S.C25H21FINO4S.C12H24B2O4/c1-8-26(35)28-24-17-23(20-10-9-11-21(16-20)32-39-30(2,3)31(4,5)40-32)25(34(6)41(7,36)37)18-27(24)38-29(28)19-12-14-22(33)15-13-19;1-4-22(29)24-20-13-19(16-6-5-7-18(27)12-16)21(28(2)33(3,30)31)14-23(20)32-25(24)15-8-10-17(26)11-9-15;1-9(2)10(3,4)16-13(15-9)14-17-11(5,6)12(7,8)18-14/h9-18H,8H2,1-7H3;5-14H,4H2,1-3H3;1-8H3. The van der Waals surface area contributed by atoms with Gasteiger partial charge in [-0.05, 0) is 195 Å². The summed E-state index contributed by atoms with van der Waals surface area (Å²) in [7, 11) is -5.84. The molecule has 8 aromatic rings. The van der Waals surface area contributed by atoms with Crippen LogP contribution in [0.5, 0.6) is 0 Å². The average Bonchev–Trinajstić information content (AvgIpc) is 1.56. The molecule has 3 aliphatic rings. The van der Waals surface area contributed by atoms with Crippen molar-refractivity contribution < 1.29 is 72.0 Å². The Kier molecular flexibility index (Phi) is 19.4. The minimum Gasteiger partial charge on any atom is -0.455 e. The highest BCUT2D eigenvalue weighted by Gasteiger charge is 2.64. The highest BCUT2D eigenvalue weighted by atomic mass is 127. The first kappa shape index (κ1) is 70.1. The third kappa shape index (κ3) is 14.0. The monoisotopic (exact) mass is 1410 g/mol. The van der Waals surface area contributed by atoms with E-state index >= 15 is 0 Å². The predicted molar refractivity (Wildman–Crippen MR) is 370 cm³/mol. The molecule has 0 bridgehead atoms. The van der Waals surface area contributed by atoms with Gasteiger partial charge in [0.2, 0.25) is 20.0 Å². The molecular weight excluding hydrogens is 1330 g/mol. The van der Waals surface area contributed by atoms with Crippen molar-refractivity contribution >= 4 is 114 Å². The molecule has 92 heavy (non-hydrogen) atoms. The highest BCUT2D eigenvalue weighted by Crippen LogP contribution is 2.46. The van der Waals surface area contributed by atoms with Gasteiger partial charge in [-0.3, -0.25) is 18.2 Å². The van der Waals surface area contributed by atoms with Crippen molar-refractivity contribution in [3.05, 3.63) is 148 Å². The van der Waals surface area contributed by atoms with E-state index < -0.39 is 64.0 Å². The molecule has 3 saturated heterocycles. The van der Waals surface area contributed by atoms with Gasteiger partial charge in [0.05, 0.1) is 68.6 Å². The van der Waals surface area contributed by atoms with Gasteiger partial charge in [-0.1, -0.05) is 50.2 Å². The number of fused-ring (bicyclic) bond motifs is 2. The Morgan fingerprint density at radius 3 is 1.14 bits per heavy atom. The number of rotatable bonds is 14. The molecule has 0 saturated carbocycles. The van der Waals surface area contributed by atoms with Crippen LogP contribution in [0, 0.1) is 15.2 Å². The first-order valence-corrected chi connectivity index (χ1v) is 35.0. The number of anilines is 2. The third-order valence-corrected chi connectivity index (χ3v) is 21.4.